The zero-order chi connectivity index (χ0) is 18.1. The van der Waals surface area contributed by atoms with Gasteiger partial charge in [-0.25, -0.2) is 8.42 Å². The zero-order valence-electron chi connectivity index (χ0n) is 15.3. The summed E-state index contributed by atoms with van der Waals surface area (Å²) < 4.78 is 25.9. The molecule has 3 aliphatic rings. The Morgan fingerprint density at radius 2 is 1.85 bits per heavy atom. The highest BCUT2D eigenvalue weighted by Crippen LogP contribution is 2.29. The molecule has 4 rings (SSSR count). The lowest BCUT2D eigenvalue weighted by molar-refractivity contribution is -0.136. The minimum absolute atomic E-state index is 0.0365. The summed E-state index contributed by atoms with van der Waals surface area (Å²) in [7, 11) is -3.10. The van der Waals surface area contributed by atoms with Crippen LogP contribution in [0.4, 0.5) is 0 Å². The first-order chi connectivity index (χ1) is 12.5. The molecule has 2 atom stereocenters. The van der Waals surface area contributed by atoms with E-state index in [4.69, 9.17) is 0 Å². The van der Waals surface area contributed by atoms with E-state index in [-0.39, 0.29) is 23.6 Å². The number of benzene rings is 1. The molecule has 0 aromatic heterocycles. The van der Waals surface area contributed by atoms with E-state index >= 15 is 0 Å². The van der Waals surface area contributed by atoms with Crippen LogP contribution < -0.4 is 0 Å². The van der Waals surface area contributed by atoms with Gasteiger partial charge in [-0.2, -0.15) is 4.31 Å². The van der Waals surface area contributed by atoms with E-state index in [2.05, 4.69) is 24.3 Å². The van der Waals surface area contributed by atoms with Crippen LogP contribution in [0.2, 0.25) is 0 Å². The zero-order valence-corrected chi connectivity index (χ0v) is 16.1. The highest BCUT2D eigenvalue weighted by atomic mass is 32.2. The molecule has 0 saturated carbocycles. The normalized spacial score (nSPS) is 28.7. The Hall–Kier alpha value is -1.40. The summed E-state index contributed by atoms with van der Waals surface area (Å²) in [6.07, 6.45) is 6.46. The van der Waals surface area contributed by atoms with Gasteiger partial charge in [-0.15, -0.1) is 0 Å². The van der Waals surface area contributed by atoms with Gasteiger partial charge in [0.15, 0.2) is 0 Å². The van der Waals surface area contributed by atoms with Crippen LogP contribution in [-0.2, 0) is 27.7 Å². The van der Waals surface area contributed by atoms with Gasteiger partial charge in [0.2, 0.25) is 15.9 Å². The highest BCUT2D eigenvalue weighted by molar-refractivity contribution is 7.89. The maximum atomic E-state index is 13.3. The van der Waals surface area contributed by atoms with E-state index in [9.17, 15) is 13.2 Å². The fraction of sp³-hybridized carbons (Fsp3) is 0.650. The van der Waals surface area contributed by atoms with E-state index in [1.807, 2.05) is 4.90 Å². The van der Waals surface area contributed by atoms with Gasteiger partial charge < -0.3 is 4.90 Å². The van der Waals surface area contributed by atoms with E-state index < -0.39 is 10.0 Å². The molecule has 0 N–H and O–H groups in total. The second-order valence-electron chi connectivity index (χ2n) is 7.92. The van der Waals surface area contributed by atoms with E-state index in [1.54, 1.807) is 4.31 Å². The summed E-state index contributed by atoms with van der Waals surface area (Å²) in [6, 6.07) is 8.52. The van der Waals surface area contributed by atoms with Crippen molar-refractivity contribution in [1.29, 1.82) is 0 Å². The van der Waals surface area contributed by atoms with Crippen molar-refractivity contribution < 1.29 is 13.2 Å². The lowest BCUT2D eigenvalue weighted by atomic mass is 9.95. The minimum atomic E-state index is -3.10. The van der Waals surface area contributed by atoms with Gasteiger partial charge >= 0.3 is 0 Å². The lowest BCUT2D eigenvalue weighted by Gasteiger charge is -2.31. The maximum Gasteiger partial charge on any atom is 0.226 e. The summed E-state index contributed by atoms with van der Waals surface area (Å²) in [4.78, 5) is 15.3. The van der Waals surface area contributed by atoms with Gasteiger partial charge in [-0.3, -0.25) is 4.79 Å². The molecule has 0 radical (unpaired) electrons. The van der Waals surface area contributed by atoms with Gasteiger partial charge in [0.05, 0.1) is 5.75 Å². The molecular formula is C20H28N2O3S. The predicted octanol–water partition coefficient (Wildman–Crippen LogP) is 2.21. The summed E-state index contributed by atoms with van der Waals surface area (Å²) in [5, 5.41) is 0. The number of rotatable bonds is 3. The molecule has 1 unspecified atom stereocenters. The van der Waals surface area contributed by atoms with Gasteiger partial charge in [0.1, 0.15) is 0 Å². The van der Waals surface area contributed by atoms with Crippen LogP contribution in [0.1, 0.15) is 43.2 Å². The van der Waals surface area contributed by atoms with Crippen molar-refractivity contribution in [3.05, 3.63) is 35.4 Å². The van der Waals surface area contributed by atoms with Crippen LogP contribution in [0, 0.1) is 5.92 Å². The molecule has 2 aliphatic heterocycles. The third kappa shape index (κ3) is 3.54. The predicted molar refractivity (Wildman–Crippen MR) is 101 cm³/mol. The molecule has 2 fully saturated rings. The molecule has 142 valence electrons. The van der Waals surface area contributed by atoms with Crippen LogP contribution in [0.15, 0.2) is 24.3 Å². The second kappa shape index (κ2) is 7.31. The Kier molecular flexibility index (Phi) is 5.06. The van der Waals surface area contributed by atoms with Crippen LogP contribution in [0.25, 0.3) is 0 Å². The average Bonchev–Trinajstić information content (AvgIpc) is 3.14. The Morgan fingerprint density at radius 1 is 1.04 bits per heavy atom. The quantitative estimate of drug-likeness (QED) is 0.760. The van der Waals surface area contributed by atoms with Gasteiger partial charge in [0, 0.05) is 31.6 Å². The number of carbonyl (C=O) groups excluding carboxylic acids is 1. The highest BCUT2D eigenvalue weighted by Gasteiger charge is 2.38. The van der Waals surface area contributed by atoms with Crippen LogP contribution in [0.3, 0.4) is 0 Å². The molecule has 0 spiro atoms. The number of nitrogens with zero attached hydrogens (tertiary/aromatic N) is 2. The Balaban J connectivity index is 1.46. The van der Waals surface area contributed by atoms with Crippen molar-refractivity contribution in [1.82, 2.24) is 9.21 Å². The van der Waals surface area contributed by atoms with E-state index in [1.165, 1.54) is 11.1 Å². The van der Waals surface area contributed by atoms with Gasteiger partial charge in [-0.1, -0.05) is 24.3 Å². The molecule has 1 aliphatic carbocycles. The number of likely N-dealkylation sites (tertiary alicyclic amines) is 1. The van der Waals surface area contributed by atoms with Crippen LogP contribution in [-0.4, -0.2) is 55.0 Å². The molecule has 1 aromatic carbocycles. The first kappa shape index (κ1) is 18.0. The standard InChI is InChI=1S/C20H28N2O3S/c23-20(18-9-3-8-16-6-1-2-7-17(16)14-18)22-12-4-10-19(22)15-21-11-5-13-26(21,24)25/h1-2,6-7,18-19H,3-5,8-15H2/t18?,19-/m1/s1. The number of sulfonamides is 1. The molecular weight excluding hydrogens is 348 g/mol. The van der Waals surface area contributed by atoms with Crippen LogP contribution in [0.5, 0.6) is 0 Å². The summed E-state index contributed by atoms with van der Waals surface area (Å²) in [5.74, 6) is 0.530. The molecule has 2 heterocycles. The first-order valence-electron chi connectivity index (χ1n) is 9.90. The van der Waals surface area contributed by atoms with E-state index in [0.717, 1.165) is 45.1 Å². The number of hydrogen-bond acceptors (Lipinski definition) is 3. The monoisotopic (exact) mass is 376 g/mol. The van der Waals surface area contributed by atoms with Crippen molar-refractivity contribution in [2.75, 3.05) is 25.4 Å². The average molecular weight is 377 g/mol. The Labute approximate surface area is 156 Å². The lowest BCUT2D eigenvalue weighted by Crippen LogP contribution is -2.46. The molecule has 1 amide bonds. The van der Waals surface area contributed by atoms with Crippen LogP contribution >= 0.6 is 0 Å². The molecule has 6 heteroatoms. The molecule has 0 bridgehead atoms. The van der Waals surface area contributed by atoms with Crippen molar-refractivity contribution in [2.24, 2.45) is 5.92 Å². The number of aryl methyl sites for hydroxylation is 1. The van der Waals surface area contributed by atoms with Gasteiger partial charge in [-0.05, 0) is 56.1 Å². The first-order valence-corrected chi connectivity index (χ1v) is 11.5. The summed E-state index contributed by atoms with van der Waals surface area (Å²) in [5.41, 5.74) is 2.69. The van der Waals surface area contributed by atoms with Gasteiger partial charge in [0.25, 0.3) is 0 Å². The molecule has 1 aromatic rings. The minimum Gasteiger partial charge on any atom is -0.338 e. The second-order valence-corrected chi connectivity index (χ2v) is 10.0. The van der Waals surface area contributed by atoms with Crippen molar-refractivity contribution in [3.8, 4) is 0 Å². The SMILES string of the molecule is O=C(C1CCCc2ccccc2C1)N1CCC[C@@H]1CN1CCCS1(=O)=O. The topological polar surface area (TPSA) is 57.7 Å². The number of fused-ring (bicyclic) bond motifs is 1. The van der Waals surface area contributed by atoms with E-state index in [0.29, 0.717) is 19.5 Å². The van der Waals surface area contributed by atoms with Crippen molar-refractivity contribution in [2.45, 2.75) is 51.0 Å². The number of amides is 1. The maximum absolute atomic E-state index is 13.3. The smallest absolute Gasteiger partial charge is 0.226 e. The fourth-order valence-corrected chi connectivity index (χ4v) is 6.36. The number of carbonyl (C=O) groups is 1. The summed E-state index contributed by atoms with van der Waals surface area (Å²) >= 11 is 0. The third-order valence-corrected chi connectivity index (χ3v) is 8.13. The summed E-state index contributed by atoms with van der Waals surface area (Å²) in [6.45, 7) is 1.87. The Bertz CT molecular complexity index is 777. The Morgan fingerprint density at radius 3 is 2.62 bits per heavy atom. The third-order valence-electron chi connectivity index (χ3n) is 6.21. The molecule has 5 nitrogen and oxygen atoms in total. The van der Waals surface area contributed by atoms with Crippen molar-refractivity contribution in [3.63, 3.8) is 0 Å². The number of hydrogen-bond donors (Lipinski definition) is 0. The fourth-order valence-electron chi connectivity index (χ4n) is 4.80. The van der Waals surface area contributed by atoms with Crippen molar-refractivity contribution >= 4 is 15.9 Å². The molecule has 26 heavy (non-hydrogen) atoms. The molecule has 2 saturated heterocycles. The largest absolute Gasteiger partial charge is 0.338 e.